The van der Waals surface area contributed by atoms with E-state index in [1.165, 1.54) is 23.1 Å². The van der Waals surface area contributed by atoms with Crippen LogP contribution in [0.4, 0.5) is 5.69 Å². The van der Waals surface area contributed by atoms with Crippen LogP contribution in [0.5, 0.6) is 5.75 Å². The topological polar surface area (TPSA) is 110 Å². The van der Waals surface area contributed by atoms with Gasteiger partial charge in [0.15, 0.2) is 5.44 Å². The lowest BCUT2D eigenvalue weighted by atomic mass is 10.2. The van der Waals surface area contributed by atoms with E-state index >= 15 is 0 Å². The molecule has 1 aliphatic heterocycles. The number of rotatable bonds is 11. The van der Waals surface area contributed by atoms with E-state index in [4.69, 9.17) is 14.2 Å². The summed E-state index contributed by atoms with van der Waals surface area (Å²) in [6.45, 7) is 3.03. The Morgan fingerprint density at radius 2 is 2.11 bits per heavy atom. The number of benzene rings is 1. The van der Waals surface area contributed by atoms with E-state index in [0.29, 0.717) is 48.2 Å². The molecular formula is C23H27N3O6S3. The third-order valence-electron chi connectivity index (χ3n) is 5.26. The molecule has 0 amide bonds. The minimum Gasteiger partial charge on any atom is -0.491 e. The number of esters is 1. The molecule has 0 fully saturated rings. The Hall–Kier alpha value is -2.54. The van der Waals surface area contributed by atoms with E-state index in [1.54, 1.807) is 30.7 Å². The maximum absolute atomic E-state index is 13.3. The van der Waals surface area contributed by atoms with Crippen molar-refractivity contribution in [1.29, 1.82) is 0 Å². The van der Waals surface area contributed by atoms with Crippen molar-refractivity contribution < 1.29 is 27.4 Å². The number of aliphatic imine (C=N–C) groups is 1. The molecule has 2 aromatic heterocycles. The number of nitrogens with one attached hydrogen (secondary N) is 1. The molecule has 0 aliphatic carbocycles. The maximum Gasteiger partial charge on any atom is 0.306 e. The van der Waals surface area contributed by atoms with E-state index in [9.17, 15) is 13.2 Å². The minimum absolute atomic E-state index is 0.237. The third-order valence-corrected chi connectivity index (χ3v) is 9.49. The summed E-state index contributed by atoms with van der Waals surface area (Å²) in [4.78, 5) is 19.7. The highest BCUT2D eigenvalue weighted by Crippen LogP contribution is 2.37. The Bertz CT molecular complexity index is 1320. The van der Waals surface area contributed by atoms with Gasteiger partial charge in [0, 0.05) is 32.0 Å². The van der Waals surface area contributed by atoms with E-state index < -0.39 is 10.0 Å². The number of sulfonamides is 1. The lowest BCUT2D eigenvalue weighted by Crippen LogP contribution is -2.26. The van der Waals surface area contributed by atoms with Crippen LogP contribution >= 0.6 is 23.1 Å². The molecule has 0 saturated heterocycles. The highest BCUT2D eigenvalue weighted by Gasteiger charge is 2.28. The molecule has 1 aliphatic rings. The Labute approximate surface area is 212 Å². The van der Waals surface area contributed by atoms with E-state index in [0.717, 1.165) is 28.8 Å². The summed E-state index contributed by atoms with van der Waals surface area (Å²) < 4.78 is 44.4. The van der Waals surface area contributed by atoms with Gasteiger partial charge in [-0.15, -0.1) is 11.3 Å². The molecule has 188 valence electrons. The van der Waals surface area contributed by atoms with Crippen molar-refractivity contribution in [2.75, 3.05) is 38.2 Å². The summed E-state index contributed by atoms with van der Waals surface area (Å²) in [7, 11) is -0.651. The number of hydrogen-bond acceptors (Lipinski definition) is 9. The predicted octanol–water partition coefficient (Wildman–Crippen LogP) is 4.24. The smallest absolute Gasteiger partial charge is 0.306 e. The number of thiophene rings is 1. The second kappa shape index (κ2) is 11.0. The number of carbonyl (C=O) groups excluding carboxylic acids is 1. The largest absolute Gasteiger partial charge is 0.491 e. The first-order valence-corrected chi connectivity index (χ1v) is 14.2. The highest BCUT2D eigenvalue weighted by atomic mass is 32.2. The fourth-order valence-corrected chi connectivity index (χ4v) is 6.84. The van der Waals surface area contributed by atoms with Crippen molar-refractivity contribution >= 4 is 60.7 Å². The molecule has 4 rings (SSSR count). The number of anilines is 1. The van der Waals surface area contributed by atoms with Crippen LogP contribution in [0.25, 0.3) is 10.9 Å². The zero-order valence-electron chi connectivity index (χ0n) is 19.6. The monoisotopic (exact) mass is 537 g/mol. The number of fused-ring (bicyclic) bond motifs is 1. The van der Waals surface area contributed by atoms with Crippen LogP contribution in [0, 0.1) is 0 Å². The molecule has 35 heavy (non-hydrogen) atoms. The molecule has 12 heteroatoms. The van der Waals surface area contributed by atoms with Gasteiger partial charge in [-0.25, -0.2) is 8.42 Å². The molecule has 0 radical (unpaired) electrons. The van der Waals surface area contributed by atoms with Gasteiger partial charge in [-0.3, -0.25) is 14.1 Å². The van der Waals surface area contributed by atoms with Crippen LogP contribution in [-0.4, -0.2) is 63.8 Å². The van der Waals surface area contributed by atoms with Gasteiger partial charge >= 0.3 is 5.97 Å². The van der Waals surface area contributed by atoms with Crippen molar-refractivity contribution in [2.24, 2.45) is 4.99 Å². The summed E-state index contributed by atoms with van der Waals surface area (Å²) >= 11 is 2.53. The fraction of sp³-hybridized carbons (Fsp3) is 0.391. The van der Waals surface area contributed by atoms with Crippen molar-refractivity contribution in [3.63, 3.8) is 0 Å². The fourth-order valence-electron chi connectivity index (χ4n) is 3.54. The molecule has 0 spiro atoms. The number of thioether (sulfide) groups is 1. The molecule has 1 unspecified atom stereocenters. The number of hydrogen-bond donors (Lipinski definition) is 1. The van der Waals surface area contributed by atoms with Gasteiger partial charge in [0.25, 0.3) is 10.0 Å². The number of ether oxygens (including phenoxy) is 3. The maximum atomic E-state index is 13.3. The van der Waals surface area contributed by atoms with Crippen LogP contribution in [0.1, 0.15) is 25.5 Å². The Morgan fingerprint density at radius 3 is 2.83 bits per heavy atom. The second-order valence-electron chi connectivity index (χ2n) is 7.77. The number of nitrogens with zero attached hydrogens (tertiary/aromatic N) is 2. The molecule has 0 saturated carbocycles. The number of aromatic nitrogens is 1. The van der Waals surface area contributed by atoms with Gasteiger partial charge in [-0.1, -0.05) is 24.8 Å². The summed E-state index contributed by atoms with van der Waals surface area (Å²) in [6, 6.07) is 8.73. The SMILES string of the molecule is CCCC(=O)OC1CN=C(c2cc3cc(OCCOC)cc(N(C)S(=O)(=O)c4cccs4)c3[nH]2)S1. The molecule has 3 aromatic rings. The van der Waals surface area contributed by atoms with Crippen LogP contribution < -0.4 is 9.04 Å². The number of carbonyl (C=O) groups is 1. The molecule has 1 aromatic carbocycles. The molecule has 1 atom stereocenters. The molecular weight excluding hydrogens is 510 g/mol. The number of H-pyrrole nitrogens is 1. The quantitative estimate of drug-likeness (QED) is 0.288. The van der Waals surface area contributed by atoms with Crippen molar-refractivity contribution in [3.05, 3.63) is 41.4 Å². The second-order valence-corrected chi connectivity index (χ2v) is 12.1. The predicted molar refractivity (Wildman–Crippen MR) is 139 cm³/mol. The van der Waals surface area contributed by atoms with Crippen molar-refractivity contribution in [1.82, 2.24) is 4.98 Å². The van der Waals surface area contributed by atoms with E-state index in [2.05, 4.69) is 9.98 Å². The van der Waals surface area contributed by atoms with Crippen molar-refractivity contribution in [2.45, 2.75) is 29.4 Å². The first-order chi connectivity index (χ1) is 16.8. The lowest BCUT2D eigenvalue weighted by molar-refractivity contribution is -0.144. The Balaban J connectivity index is 1.67. The summed E-state index contributed by atoms with van der Waals surface area (Å²) in [5.74, 6) is 0.286. The molecule has 0 bridgehead atoms. The third kappa shape index (κ3) is 5.66. The zero-order chi connectivity index (χ0) is 25.0. The van der Waals surface area contributed by atoms with Crippen LogP contribution in [0.2, 0.25) is 0 Å². The molecule has 3 heterocycles. The summed E-state index contributed by atoms with van der Waals surface area (Å²) in [5.41, 5.74) is 1.43. The first kappa shape index (κ1) is 25.5. The zero-order valence-corrected chi connectivity index (χ0v) is 22.1. The van der Waals surface area contributed by atoms with Gasteiger partial charge in [0.05, 0.1) is 30.0 Å². The highest BCUT2D eigenvalue weighted by molar-refractivity contribution is 8.15. The first-order valence-electron chi connectivity index (χ1n) is 11.1. The van der Waals surface area contributed by atoms with Gasteiger partial charge < -0.3 is 19.2 Å². The van der Waals surface area contributed by atoms with Crippen LogP contribution in [-0.2, 0) is 24.3 Å². The number of aromatic amines is 1. The minimum atomic E-state index is -3.76. The average molecular weight is 538 g/mol. The van der Waals surface area contributed by atoms with Gasteiger partial charge in [-0.05, 0) is 30.0 Å². The van der Waals surface area contributed by atoms with E-state index in [1.807, 2.05) is 19.1 Å². The molecule has 1 N–H and O–H groups in total. The summed E-state index contributed by atoms with van der Waals surface area (Å²) in [6.07, 6.45) is 1.10. The summed E-state index contributed by atoms with van der Waals surface area (Å²) in [5, 5.41) is 3.20. The van der Waals surface area contributed by atoms with Gasteiger partial charge in [0.1, 0.15) is 21.6 Å². The average Bonchev–Trinajstić information content (AvgIpc) is 3.59. The molecule has 9 nitrogen and oxygen atoms in total. The van der Waals surface area contributed by atoms with E-state index in [-0.39, 0.29) is 15.6 Å². The standard InChI is InChI=1S/C23H27N3O6S3/c1-4-6-19(27)32-20-14-24-23(34-20)17-12-15-11-16(31-9-8-30-3)13-18(22(15)25-17)26(2)35(28,29)21-7-5-10-33-21/h5,7,10-13,20,25H,4,6,8-9,14H2,1-3H3. The van der Waals surface area contributed by atoms with Crippen LogP contribution in [0.3, 0.4) is 0 Å². The van der Waals surface area contributed by atoms with Gasteiger partial charge in [-0.2, -0.15) is 0 Å². The van der Waals surface area contributed by atoms with Crippen LogP contribution in [0.15, 0.2) is 44.9 Å². The van der Waals surface area contributed by atoms with Gasteiger partial charge in [0.2, 0.25) is 0 Å². The van der Waals surface area contributed by atoms with Crippen molar-refractivity contribution in [3.8, 4) is 5.75 Å². The Kier molecular flexibility index (Phi) is 8.05. The Morgan fingerprint density at radius 1 is 1.29 bits per heavy atom. The lowest BCUT2D eigenvalue weighted by Gasteiger charge is -2.20. The number of methoxy groups -OCH3 is 1. The normalized spacial score (nSPS) is 15.9.